The quantitative estimate of drug-likeness (QED) is 0.649. The molecule has 0 amide bonds. The summed E-state index contributed by atoms with van der Waals surface area (Å²) in [6.07, 6.45) is -5.05. The van der Waals surface area contributed by atoms with Crippen molar-refractivity contribution >= 4 is 22.7 Å². The summed E-state index contributed by atoms with van der Waals surface area (Å²) in [6, 6.07) is 1.87. The van der Waals surface area contributed by atoms with Crippen LogP contribution in [0.25, 0.3) is 10.9 Å². The average molecular weight is 481 g/mol. The van der Waals surface area contributed by atoms with Crippen molar-refractivity contribution in [2.45, 2.75) is 57.5 Å². The molecule has 182 valence electrons. The van der Waals surface area contributed by atoms with Gasteiger partial charge < -0.3 is 10.4 Å². The van der Waals surface area contributed by atoms with Crippen LogP contribution < -0.4 is 10.9 Å². The smallest absolute Gasteiger partial charge is 0.475 e. The molecule has 1 aliphatic rings. The van der Waals surface area contributed by atoms with Crippen LogP contribution in [0.1, 0.15) is 36.8 Å². The Morgan fingerprint density at radius 1 is 1.18 bits per heavy atom. The van der Waals surface area contributed by atoms with Crippen molar-refractivity contribution in [2.24, 2.45) is 0 Å². The number of aromatic nitrogens is 2. The number of alkyl halides is 6. The number of carboxylic acid groups (broad SMARTS) is 1. The molecule has 0 spiro atoms. The van der Waals surface area contributed by atoms with E-state index in [2.05, 4.69) is 10.3 Å². The van der Waals surface area contributed by atoms with Crippen molar-refractivity contribution in [1.29, 1.82) is 0 Å². The number of piperidine rings is 1. The summed E-state index contributed by atoms with van der Waals surface area (Å²) in [4.78, 5) is 37.8. The molecule has 33 heavy (non-hydrogen) atoms. The van der Waals surface area contributed by atoms with Gasteiger partial charge in [0.2, 0.25) is 0 Å². The first-order valence-corrected chi connectivity index (χ1v) is 9.82. The molecule has 0 aliphatic carbocycles. The Hall–Kier alpha value is -2.96. The van der Waals surface area contributed by atoms with Gasteiger partial charge in [-0.2, -0.15) is 26.3 Å². The van der Waals surface area contributed by atoms with Crippen LogP contribution in [0, 0.1) is 6.92 Å². The van der Waals surface area contributed by atoms with E-state index in [0.717, 1.165) is 42.5 Å². The number of fused-ring (bicyclic) bond motifs is 1. The first kappa shape index (κ1) is 26.3. The zero-order chi connectivity index (χ0) is 25.0. The predicted octanol–water partition coefficient (Wildman–Crippen LogP) is 3.46. The maximum atomic E-state index is 13.0. The second kappa shape index (κ2) is 10.3. The summed E-state index contributed by atoms with van der Waals surface area (Å²) >= 11 is 0. The van der Waals surface area contributed by atoms with Crippen LogP contribution in [0.5, 0.6) is 0 Å². The van der Waals surface area contributed by atoms with E-state index in [1.54, 1.807) is 0 Å². The number of carboxylic acids is 1. The lowest BCUT2D eigenvalue weighted by Crippen LogP contribution is -2.37. The summed E-state index contributed by atoms with van der Waals surface area (Å²) in [5, 5.41) is 10.3. The Bertz CT molecular complexity index is 1070. The van der Waals surface area contributed by atoms with Crippen molar-refractivity contribution in [1.82, 2.24) is 14.9 Å². The molecular formula is C20H21F6N3O4. The van der Waals surface area contributed by atoms with Gasteiger partial charge in [-0.3, -0.25) is 14.2 Å². The minimum absolute atomic E-state index is 0.0967. The number of ketones is 1. The first-order chi connectivity index (χ1) is 15.2. The largest absolute Gasteiger partial charge is 0.490 e. The Morgan fingerprint density at radius 3 is 2.33 bits per heavy atom. The molecule has 3 rings (SSSR count). The molecule has 2 aromatic rings. The van der Waals surface area contributed by atoms with Crippen LogP contribution in [0.2, 0.25) is 0 Å². The molecule has 1 aromatic heterocycles. The van der Waals surface area contributed by atoms with Gasteiger partial charge in [0.1, 0.15) is 0 Å². The number of carbonyl (C=O) groups excluding carboxylic acids is 1. The summed E-state index contributed by atoms with van der Waals surface area (Å²) in [5.74, 6) is -2.90. The molecule has 0 bridgehead atoms. The molecule has 7 nitrogen and oxygen atoms in total. The van der Waals surface area contributed by atoms with E-state index in [0.29, 0.717) is 6.42 Å². The molecule has 0 radical (unpaired) electrons. The number of Topliss-reactive ketones (excluding diaryl/α,β-unsaturated/α-hetero) is 1. The number of halogens is 6. The summed E-state index contributed by atoms with van der Waals surface area (Å²) in [6.45, 7) is 2.17. The maximum absolute atomic E-state index is 13.0. The molecule has 1 aromatic carbocycles. The number of carbonyl (C=O) groups is 2. The van der Waals surface area contributed by atoms with E-state index in [9.17, 15) is 35.9 Å². The molecule has 1 unspecified atom stereocenters. The van der Waals surface area contributed by atoms with Crippen LogP contribution in [0.4, 0.5) is 26.3 Å². The highest BCUT2D eigenvalue weighted by Crippen LogP contribution is 2.31. The highest BCUT2D eigenvalue weighted by Gasteiger charge is 2.38. The molecule has 13 heteroatoms. The van der Waals surface area contributed by atoms with Crippen molar-refractivity contribution in [3.05, 3.63) is 39.9 Å². The van der Waals surface area contributed by atoms with Gasteiger partial charge in [0.05, 0.1) is 29.3 Å². The first-order valence-electron chi connectivity index (χ1n) is 9.82. The Morgan fingerprint density at radius 2 is 1.82 bits per heavy atom. The van der Waals surface area contributed by atoms with Crippen molar-refractivity contribution in [3.8, 4) is 0 Å². The zero-order valence-electron chi connectivity index (χ0n) is 17.4. The Balaban J connectivity index is 0.000000479. The number of rotatable bonds is 4. The number of hydrogen-bond acceptors (Lipinski definition) is 5. The number of benzene rings is 1. The maximum Gasteiger partial charge on any atom is 0.490 e. The van der Waals surface area contributed by atoms with Gasteiger partial charge in [-0.05, 0) is 44.0 Å². The molecule has 1 fully saturated rings. The normalized spacial score (nSPS) is 16.8. The van der Waals surface area contributed by atoms with Crippen LogP contribution in [0.3, 0.4) is 0 Å². The van der Waals surface area contributed by atoms with E-state index in [1.807, 2.05) is 0 Å². The van der Waals surface area contributed by atoms with Gasteiger partial charge in [0.15, 0.2) is 5.78 Å². The third-order valence-electron chi connectivity index (χ3n) is 4.92. The SMILES string of the molecule is Cc1cc(C(F)(F)F)cc2c(=O)n(CC(=O)CC3CCCCN3)cnc12.O=C(O)C(F)(F)F. The van der Waals surface area contributed by atoms with Gasteiger partial charge in [0, 0.05) is 12.5 Å². The lowest BCUT2D eigenvalue weighted by atomic mass is 10.00. The number of aryl methyl sites for hydroxylation is 1. The van der Waals surface area contributed by atoms with E-state index < -0.39 is 29.4 Å². The van der Waals surface area contributed by atoms with E-state index in [-0.39, 0.29) is 34.8 Å². The summed E-state index contributed by atoms with van der Waals surface area (Å²) in [5.41, 5.74) is -1.02. The highest BCUT2D eigenvalue weighted by atomic mass is 19.4. The standard InChI is InChI=1S/C18H20F3N3O2.C2HF3O2/c1-11-6-12(18(19,20)21)7-15-16(11)23-10-24(17(15)26)9-14(25)8-13-4-2-3-5-22-13;3-2(4,5)1(6)7/h6-7,10,13,22H,2-5,8-9H2,1H3;(H,6,7). The average Bonchev–Trinajstić information content (AvgIpc) is 2.70. The number of hydrogen-bond donors (Lipinski definition) is 2. The van der Waals surface area contributed by atoms with Crippen molar-refractivity contribution in [3.63, 3.8) is 0 Å². The fraction of sp³-hybridized carbons (Fsp3) is 0.500. The molecule has 0 saturated carbocycles. The number of nitrogens with one attached hydrogen (secondary N) is 1. The second-order valence-electron chi connectivity index (χ2n) is 7.56. The molecule has 1 saturated heterocycles. The lowest BCUT2D eigenvalue weighted by molar-refractivity contribution is -0.192. The second-order valence-corrected chi connectivity index (χ2v) is 7.56. The lowest BCUT2D eigenvalue weighted by Gasteiger charge is -2.22. The van der Waals surface area contributed by atoms with E-state index in [1.165, 1.54) is 13.3 Å². The molecule has 1 aliphatic heterocycles. The van der Waals surface area contributed by atoms with Crippen LogP contribution in [-0.4, -0.2) is 45.2 Å². The Labute approximate surface area is 183 Å². The third kappa shape index (κ3) is 7.27. The Kier molecular flexibility index (Phi) is 8.22. The van der Waals surface area contributed by atoms with E-state index in [4.69, 9.17) is 9.90 Å². The number of nitrogens with zero attached hydrogens (tertiary/aromatic N) is 2. The minimum Gasteiger partial charge on any atom is -0.475 e. The van der Waals surface area contributed by atoms with Gasteiger partial charge in [-0.25, -0.2) is 9.78 Å². The van der Waals surface area contributed by atoms with Crippen LogP contribution in [-0.2, 0) is 22.3 Å². The molecular weight excluding hydrogens is 460 g/mol. The predicted molar refractivity (Wildman–Crippen MR) is 105 cm³/mol. The zero-order valence-corrected chi connectivity index (χ0v) is 17.4. The minimum atomic E-state index is -5.08. The number of aliphatic carboxylic acids is 1. The molecule has 2 heterocycles. The topological polar surface area (TPSA) is 101 Å². The van der Waals surface area contributed by atoms with Gasteiger partial charge in [-0.1, -0.05) is 6.42 Å². The van der Waals surface area contributed by atoms with E-state index >= 15 is 0 Å². The highest BCUT2D eigenvalue weighted by molar-refractivity contribution is 5.83. The van der Waals surface area contributed by atoms with Gasteiger partial charge >= 0.3 is 18.3 Å². The van der Waals surface area contributed by atoms with Gasteiger partial charge in [-0.15, -0.1) is 0 Å². The van der Waals surface area contributed by atoms with Crippen molar-refractivity contribution < 1.29 is 41.0 Å². The summed E-state index contributed by atoms with van der Waals surface area (Å²) < 4.78 is 71.9. The summed E-state index contributed by atoms with van der Waals surface area (Å²) in [7, 11) is 0. The van der Waals surface area contributed by atoms with Crippen LogP contribution >= 0.6 is 0 Å². The molecule has 1 atom stereocenters. The third-order valence-corrected chi connectivity index (χ3v) is 4.92. The van der Waals surface area contributed by atoms with Crippen LogP contribution in [0.15, 0.2) is 23.3 Å². The fourth-order valence-electron chi connectivity index (χ4n) is 3.35. The monoisotopic (exact) mass is 481 g/mol. The fourth-order valence-corrected chi connectivity index (χ4v) is 3.35. The van der Waals surface area contributed by atoms with Gasteiger partial charge in [0.25, 0.3) is 5.56 Å². The van der Waals surface area contributed by atoms with Crippen molar-refractivity contribution in [2.75, 3.05) is 6.54 Å². The molecule has 2 N–H and O–H groups in total.